The molecule has 2 fully saturated rings. The first-order valence-corrected chi connectivity index (χ1v) is 7.96. The van der Waals surface area contributed by atoms with Crippen molar-refractivity contribution < 1.29 is 0 Å². The van der Waals surface area contributed by atoms with Crippen LogP contribution in [0.3, 0.4) is 0 Å². The summed E-state index contributed by atoms with van der Waals surface area (Å²) in [5.74, 6) is 0. The lowest BCUT2D eigenvalue weighted by atomic mass is 9.68. The summed E-state index contributed by atoms with van der Waals surface area (Å²) in [6, 6.07) is 4.07. The van der Waals surface area contributed by atoms with Crippen LogP contribution in [-0.2, 0) is 6.54 Å². The Bertz CT molecular complexity index is 417. The van der Waals surface area contributed by atoms with Gasteiger partial charge in [0.2, 0.25) is 0 Å². The van der Waals surface area contributed by atoms with Crippen molar-refractivity contribution in [3.05, 3.63) is 29.0 Å². The summed E-state index contributed by atoms with van der Waals surface area (Å²) < 4.78 is 0. The Labute approximate surface area is 121 Å². The predicted molar refractivity (Wildman–Crippen MR) is 79.3 cm³/mol. The maximum Gasteiger partial charge on any atom is 0.129 e. The van der Waals surface area contributed by atoms with Crippen molar-refractivity contribution in [1.29, 1.82) is 0 Å². The minimum atomic E-state index is 0.610. The van der Waals surface area contributed by atoms with Gasteiger partial charge in [-0.05, 0) is 61.9 Å². The third-order valence-electron chi connectivity index (χ3n) is 5.03. The van der Waals surface area contributed by atoms with Crippen LogP contribution in [0.2, 0.25) is 5.15 Å². The van der Waals surface area contributed by atoms with E-state index in [1.807, 2.05) is 12.3 Å². The van der Waals surface area contributed by atoms with E-state index in [4.69, 9.17) is 11.6 Å². The molecule has 1 aromatic heterocycles. The first-order chi connectivity index (χ1) is 9.26. The fraction of sp³-hybridized carbons (Fsp3) is 0.688. The van der Waals surface area contributed by atoms with E-state index in [9.17, 15) is 0 Å². The van der Waals surface area contributed by atoms with Gasteiger partial charge in [0.15, 0.2) is 0 Å². The molecule has 1 aliphatic carbocycles. The summed E-state index contributed by atoms with van der Waals surface area (Å²) in [4.78, 5) is 6.62. The predicted octanol–water partition coefficient (Wildman–Crippen LogP) is 4.28. The molecule has 0 aromatic carbocycles. The number of nitrogens with zero attached hydrogens (tertiary/aromatic N) is 2. The van der Waals surface area contributed by atoms with Crippen molar-refractivity contribution in [3.8, 4) is 0 Å². The minimum Gasteiger partial charge on any atom is -0.299 e. The molecule has 0 amide bonds. The van der Waals surface area contributed by atoms with E-state index in [2.05, 4.69) is 16.0 Å². The summed E-state index contributed by atoms with van der Waals surface area (Å²) in [5.41, 5.74) is 1.99. The van der Waals surface area contributed by atoms with Crippen LogP contribution in [-0.4, -0.2) is 23.0 Å². The van der Waals surface area contributed by atoms with Gasteiger partial charge in [-0.3, -0.25) is 4.90 Å². The Morgan fingerprint density at radius 2 is 1.84 bits per heavy atom. The van der Waals surface area contributed by atoms with Gasteiger partial charge in [-0.2, -0.15) is 0 Å². The van der Waals surface area contributed by atoms with E-state index in [0.717, 1.165) is 6.54 Å². The zero-order chi connectivity index (χ0) is 13.1. The van der Waals surface area contributed by atoms with E-state index in [0.29, 0.717) is 10.6 Å². The van der Waals surface area contributed by atoms with Gasteiger partial charge in [0, 0.05) is 12.7 Å². The average molecular weight is 279 g/mol. The topological polar surface area (TPSA) is 16.1 Å². The Hall–Kier alpha value is -0.600. The first kappa shape index (κ1) is 13.4. The van der Waals surface area contributed by atoms with Gasteiger partial charge < -0.3 is 0 Å². The maximum atomic E-state index is 5.95. The molecule has 2 heterocycles. The highest BCUT2D eigenvalue weighted by molar-refractivity contribution is 6.29. The van der Waals surface area contributed by atoms with Gasteiger partial charge in [0.1, 0.15) is 5.15 Å². The molecule has 0 atom stereocenters. The van der Waals surface area contributed by atoms with Crippen LogP contribution < -0.4 is 0 Å². The number of hydrogen-bond donors (Lipinski definition) is 0. The van der Waals surface area contributed by atoms with Crippen molar-refractivity contribution >= 4 is 11.6 Å². The fourth-order valence-electron chi connectivity index (χ4n) is 3.79. The van der Waals surface area contributed by atoms with Gasteiger partial charge in [-0.15, -0.1) is 0 Å². The molecule has 19 heavy (non-hydrogen) atoms. The van der Waals surface area contributed by atoms with Crippen LogP contribution in [0.5, 0.6) is 0 Å². The second kappa shape index (κ2) is 5.80. The summed E-state index contributed by atoms with van der Waals surface area (Å²) in [6.07, 6.45) is 11.9. The highest BCUT2D eigenvalue weighted by Crippen LogP contribution is 2.44. The molecule has 1 aromatic rings. The molecule has 0 radical (unpaired) electrons. The molecule has 2 nitrogen and oxygen atoms in total. The lowest BCUT2D eigenvalue weighted by Gasteiger charge is -2.44. The first-order valence-electron chi connectivity index (χ1n) is 7.59. The van der Waals surface area contributed by atoms with Crippen LogP contribution >= 0.6 is 11.6 Å². The second-order valence-electron chi connectivity index (χ2n) is 6.32. The number of halogens is 1. The molecule has 2 aliphatic rings. The number of likely N-dealkylation sites (tertiary alicyclic amines) is 1. The maximum absolute atomic E-state index is 5.95. The molecule has 1 spiro atoms. The van der Waals surface area contributed by atoms with Crippen LogP contribution in [0.25, 0.3) is 0 Å². The molecular formula is C16H23ClN2. The van der Waals surface area contributed by atoms with E-state index in [1.54, 1.807) is 0 Å². The molecule has 3 rings (SSSR count). The average Bonchev–Trinajstić information content (AvgIpc) is 2.43. The minimum absolute atomic E-state index is 0.610. The van der Waals surface area contributed by atoms with Gasteiger partial charge in [0.25, 0.3) is 0 Å². The van der Waals surface area contributed by atoms with E-state index >= 15 is 0 Å². The van der Waals surface area contributed by atoms with Crippen LogP contribution in [0.15, 0.2) is 18.3 Å². The molecule has 3 heteroatoms. The highest BCUT2D eigenvalue weighted by Gasteiger charge is 2.35. The summed E-state index contributed by atoms with van der Waals surface area (Å²) in [5, 5.41) is 0.610. The lowest BCUT2D eigenvalue weighted by molar-refractivity contribution is 0.0641. The fourth-order valence-corrected chi connectivity index (χ4v) is 3.98. The zero-order valence-corrected chi connectivity index (χ0v) is 12.3. The molecule has 0 bridgehead atoms. The molecule has 0 unspecified atom stereocenters. The molecule has 1 saturated heterocycles. The van der Waals surface area contributed by atoms with E-state index in [1.165, 1.54) is 63.6 Å². The van der Waals surface area contributed by atoms with Crippen molar-refractivity contribution in [2.24, 2.45) is 5.41 Å². The molecule has 1 aliphatic heterocycles. The van der Waals surface area contributed by atoms with Gasteiger partial charge in [-0.1, -0.05) is 30.9 Å². The number of rotatable bonds is 2. The largest absolute Gasteiger partial charge is 0.299 e. The summed E-state index contributed by atoms with van der Waals surface area (Å²) >= 11 is 5.95. The van der Waals surface area contributed by atoms with E-state index < -0.39 is 0 Å². The molecule has 1 saturated carbocycles. The summed E-state index contributed by atoms with van der Waals surface area (Å²) in [7, 11) is 0. The quantitative estimate of drug-likeness (QED) is 0.751. The van der Waals surface area contributed by atoms with Crippen LogP contribution in [0, 0.1) is 5.41 Å². The van der Waals surface area contributed by atoms with Gasteiger partial charge in [0.05, 0.1) is 0 Å². The third-order valence-corrected chi connectivity index (χ3v) is 5.23. The normalized spacial score (nSPS) is 23.6. The Morgan fingerprint density at radius 3 is 2.53 bits per heavy atom. The number of piperidine rings is 1. The number of pyridine rings is 1. The Balaban J connectivity index is 1.55. The smallest absolute Gasteiger partial charge is 0.129 e. The van der Waals surface area contributed by atoms with Crippen molar-refractivity contribution in [3.63, 3.8) is 0 Å². The SMILES string of the molecule is Clc1cc(CN2CCC3(CCCCC3)CC2)ccn1. The van der Waals surface area contributed by atoms with Crippen molar-refractivity contribution in [1.82, 2.24) is 9.88 Å². The standard InChI is InChI=1S/C16H23ClN2/c17-15-12-14(4-9-18-15)13-19-10-7-16(8-11-19)5-2-1-3-6-16/h4,9,12H,1-3,5-8,10-11,13H2. The third kappa shape index (κ3) is 3.29. The number of hydrogen-bond acceptors (Lipinski definition) is 2. The van der Waals surface area contributed by atoms with Gasteiger partial charge in [-0.25, -0.2) is 4.98 Å². The summed E-state index contributed by atoms with van der Waals surface area (Å²) in [6.45, 7) is 3.53. The molecule has 0 N–H and O–H groups in total. The molecular weight excluding hydrogens is 256 g/mol. The van der Waals surface area contributed by atoms with E-state index in [-0.39, 0.29) is 0 Å². The Morgan fingerprint density at radius 1 is 1.11 bits per heavy atom. The molecule has 104 valence electrons. The van der Waals surface area contributed by atoms with Crippen LogP contribution in [0.4, 0.5) is 0 Å². The highest BCUT2D eigenvalue weighted by atomic mass is 35.5. The Kier molecular flexibility index (Phi) is 4.09. The zero-order valence-electron chi connectivity index (χ0n) is 11.6. The second-order valence-corrected chi connectivity index (χ2v) is 6.71. The lowest BCUT2D eigenvalue weighted by Crippen LogP contribution is -2.40. The van der Waals surface area contributed by atoms with Gasteiger partial charge >= 0.3 is 0 Å². The monoisotopic (exact) mass is 278 g/mol. The van der Waals surface area contributed by atoms with Crippen molar-refractivity contribution in [2.75, 3.05) is 13.1 Å². The van der Waals surface area contributed by atoms with Crippen LogP contribution in [0.1, 0.15) is 50.5 Å². The number of aromatic nitrogens is 1. The van der Waals surface area contributed by atoms with Crippen molar-refractivity contribution in [2.45, 2.75) is 51.5 Å².